The molecular formula is C10H11BrN2O4. The number of nitrogens with zero attached hydrogens (tertiary/aromatic N) is 1. The maximum Gasteiger partial charge on any atom is 0.373 e. The average Bonchev–Trinajstić information content (AvgIpc) is 2.29. The maximum atomic E-state index is 11.2. The van der Waals surface area contributed by atoms with Gasteiger partial charge in [-0.2, -0.15) is 0 Å². The molecule has 0 aliphatic heterocycles. The van der Waals surface area contributed by atoms with E-state index in [9.17, 15) is 9.90 Å². The summed E-state index contributed by atoms with van der Waals surface area (Å²) in [5.74, 6) is -1.38. The summed E-state index contributed by atoms with van der Waals surface area (Å²) in [7, 11) is 0. The number of aliphatic hydroxyl groups is 1. The van der Waals surface area contributed by atoms with Crippen molar-refractivity contribution in [3.63, 3.8) is 0 Å². The highest BCUT2D eigenvalue weighted by molar-refractivity contribution is 9.10. The van der Waals surface area contributed by atoms with Gasteiger partial charge in [-0.05, 0) is 35.0 Å². The van der Waals surface area contributed by atoms with Gasteiger partial charge in [-0.3, -0.25) is 10.7 Å². The lowest BCUT2D eigenvalue weighted by Gasteiger charge is -2.05. The van der Waals surface area contributed by atoms with Crippen LogP contribution in [0.2, 0.25) is 0 Å². The van der Waals surface area contributed by atoms with Crippen LogP contribution < -0.4 is 5.48 Å². The molecule has 92 valence electrons. The van der Waals surface area contributed by atoms with E-state index in [1.165, 1.54) is 18.3 Å². The number of anilines is 1. The Morgan fingerprint density at radius 1 is 1.71 bits per heavy atom. The number of esters is 1. The molecule has 0 unspecified atom stereocenters. The number of pyridine rings is 1. The Morgan fingerprint density at radius 2 is 2.41 bits per heavy atom. The molecule has 1 rings (SSSR count). The van der Waals surface area contributed by atoms with E-state index >= 15 is 0 Å². The number of aromatic nitrogens is 1. The van der Waals surface area contributed by atoms with Crippen molar-refractivity contribution in [3.8, 4) is 0 Å². The highest BCUT2D eigenvalue weighted by atomic mass is 79.9. The standard InChI is InChI=1S/C10H11BrN2O4/c1-2-17-10(15)8(14)3-6-4-9(11)12-5-7(6)13-16/h3-5,13-14,16H,2H2,1H3/b8-3+. The molecule has 0 aliphatic rings. The Kier molecular flexibility index (Phi) is 4.92. The molecule has 0 bridgehead atoms. The molecule has 0 amide bonds. The SMILES string of the molecule is CCOC(=O)/C(O)=C\c1cc(Br)ncc1NO. The fraction of sp³-hybridized carbons (Fsp3) is 0.200. The fourth-order valence-corrected chi connectivity index (χ4v) is 1.42. The van der Waals surface area contributed by atoms with Gasteiger partial charge >= 0.3 is 5.97 Å². The third-order valence-corrected chi connectivity index (χ3v) is 2.23. The largest absolute Gasteiger partial charge is 0.502 e. The van der Waals surface area contributed by atoms with Gasteiger partial charge in [-0.15, -0.1) is 0 Å². The Balaban J connectivity index is 3.03. The number of ether oxygens (including phenoxy) is 1. The zero-order valence-electron chi connectivity index (χ0n) is 8.98. The molecule has 0 spiro atoms. The van der Waals surface area contributed by atoms with Gasteiger partial charge in [-0.25, -0.2) is 9.78 Å². The molecule has 0 aliphatic carbocycles. The molecule has 3 N–H and O–H groups in total. The molecule has 0 radical (unpaired) electrons. The van der Waals surface area contributed by atoms with Gasteiger partial charge < -0.3 is 9.84 Å². The normalized spacial score (nSPS) is 11.1. The number of rotatable bonds is 4. The van der Waals surface area contributed by atoms with Crippen molar-refractivity contribution in [2.24, 2.45) is 0 Å². The molecule has 0 saturated heterocycles. The molecule has 0 atom stereocenters. The van der Waals surface area contributed by atoms with Crippen molar-refractivity contribution >= 4 is 33.7 Å². The maximum absolute atomic E-state index is 11.2. The zero-order chi connectivity index (χ0) is 12.8. The van der Waals surface area contributed by atoms with Crippen molar-refractivity contribution in [1.82, 2.24) is 4.98 Å². The third kappa shape index (κ3) is 3.72. The van der Waals surface area contributed by atoms with Gasteiger partial charge in [0.15, 0.2) is 0 Å². The number of aliphatic hydroxyl groups excluding tert-OH is 1. The van der Waals surface area contributed by atoms with E-state index in [4.69, 9.17) is 5.21 Å². The average molecular weight is 303 g/mol. The lowest BCUT2D eigenvalue weighted by molar-refractivity contribution is -0.141. The topological polar surface area (TPSA) is 91.7 Å². The van der Waals surface area contributed by atoms with Crippen molar-refractivity contribution in [1.29, 1.82) is 0 Å². The molecule has 0 saturated carbocycles. The van der Waals surface area contributed by atoms with E-state index in [0.29, 0.717) is 10.2 Å². The second kappa shape index (κ2) is 6.21. The molecule has 1 aromatic rings. The van der Waals surface area contributed by atoms with Gasteiger partial charge in [0.1, 0.15) is 4.60 Å². The first kappa shape index (κ1) is 13.5. The number of carbonyl (C=O) groups is 1. The first-order chi connectivity index (χ1) is 8.08. The summed E-state index contributed by atoms with van der Waals surface area (Å²) < 4.78 is 5.11. The van der Waals surface area contributed by atoms with E-state index in [1.807, 2.05) is 5.48 Å². The van der Waals surface area contributed by atoms with Crippen molar-refractivity contribution < 1.29 is 19.8 Å². The molecule has 17 heavy (non-hydrogen) atoms. The first-order valence-electron chi connectivity index (χ1n) is 4.72. The van der Waals surface area contributed by atoms with Crippen molar-refractivity contribution in [2.45, 2.75) is 6.92 Å². The van der Waals surface area contributed by atoms with E-state index in [0.717, 1.165) is 0 Å². The van der Waals surface area contributed by atoms with Crippen molar-refractivity contribution in [2.75, 3.05) is 12.1 Å². The van der Waals surface area contributed by atoms with Gasteiger partial charge in [0.05, 0.1) is 18.5 Å². The third-order valence-electron chi connectivity index (χ3n) is 1.80. The monoisotopic (exact) mass is 302 g/mol. The minimum absolute atomic E-state index is 0.169. The number of nitrogens with one attached hydrogen (secondary N) is 1. The fourth-order valence-electron chi connectivity index (χ4n) is 1.07. The van der Waals surface area contributed by atoms with Gasteiger partial charge in [0, 0.05) is 5.56 Å². The van der Waals surface area contributed by atoms with Crippen LogP contribution in [0.15, 0.2) is 22.6 Å². The van der Waals surface area contributed by atoms with Crippen LogP contribution in [0.4, 0.5) is 5.69 Å². The second-order valence-electron chi connectivity index (χ2n) is 2.96. The lowest BCUT2D eigenvalue weighted by atomic mass is 10.2. The lowest BCUT2D eigenvalue weighted by Crippen LogP contribution is -2.07. The summed E-state index contributed by atoms with van der Waals surface area (Å²) in [5, 5.41) is 18.3. The predicted molar refractivity (Wildman–Crippen MR) is 64.6 cm³/mol. The Morgan fingerprint density at radius 3 is 3.00 bits per heavy atom. The number of carbonyl (C=O) groups excluding carboxylic acids is 1. The summed E-state index contributed by atoms with van der Waals surface area (Å²) >= 11 is 3.14. The van der Waals surface area contributed by atoms with Crippen LogP contribution in [-0.2, 0) is 9.53 Å². The minimum Gasteiger partial charge on any atom is -0.502 e. The molecule has 6 nitrogen and oxygen atoms in total. The van der Waals surface area contributed by atoms with Crippen LogP contribution >= 0.6 is 15.9 Å². The van der Waals surface area contributed by atoms with Crippen LogP contribution in [0.1, 0.15) is 12.5 Å². The van der Waals surface area contributed by atoms with Gasteiger partial charge in [-0.1, -0.05) is 0 Å². The van der Waals surface area contributed by atoms with Gasteiger partial charge in [0.25, 0.3) is 0 Å². The first-order valence-corrected chi connectivity index (χ1v) is 5.51. The zero-order valence-corrected chi connectivity index (χ0v) is 10.6. The van der Waals surface area contributed by atoms with E-state index in [1.54, 1.807) is 6.92 Å². The highest BCUT2D eigenvalue weighted by Gasteiger charge is 2.10. The molecular weight excluding hydrogens is 292 g/mol. The highest BCUT2D eigenvalue weighted by Crippen LogP contribution is 2.20. The number of hydrogen-bond acceptors (Lipinski definition) is 6. The molecule has 1 heterocycles. The Labute approximate surface area is 106 Å². The van der Waals surface area contributed by atoms with E-state index < -0.39 is 11.7 Å². The summed E-state index contributed by atoms with van der Waals surface area (Å²) in [4.78, 5) is 15.0. The van der Waals surface area contributed by atoms with Crippen molar-refractivity contribution in [3.05, 3.63) is 28.2 Å². The van der Waals surface area contributed by atoms with Crippen LogP contribution in [0.3, 0.4) is 0 Å². The van der Waals surface area contributed by atoms with Crippen LogP contribution in [0, 0.1) is 0 Å². The van der Waals surface area contributed by atoms with Gasteiger partial charge in [0.2, 0.25) is 5.76 Å². The minimum atomic E-state index is -0.829. The summed E-state index contributed by atoms with van der Waals surface area (Å²) in [6.45, 7) is 1.80. The molecule has 0 aromatic carbocycles. The van der Waals surface area contributed by atoms with Crippen LogP contribution in [0.5, 0.6) is 0 Å². The summed E-state index contributed by atoms with van der Waals surface area (Å²) in [5.41, 5.74) is 2.55. The smallest absolute Gasteiger partial charge is 0.373 e. The molecule has 7 heteroatoms. The molecule has 1 aromatic heterocycles. The van der Waals surface area contributed by atoms with E-state index in [2.05, 4.69) is 25.7 Å². The molecule has 0 fully saturated rings. The Bertz CT molecular complexity index is 448. The Hall–Kier alpha value is -1.60. The van der Waals surface area contributed by atoms with E-state index in [-0.39, 0.29) is 12.3 Å². The predicted octanol–water partition coefficient (Wildman–Crippen LogP) is 2.11. The number of halogens is 1. The van der Waals surface area contributed by atoms with Crippen LogP contribution in [0.25, 0.3) is 6.08 Å². The second-order valence-corrected chi connectivity index (χ2v) is 3.77. The van der Waals surface area contributed by atoms with Crippen LogP contribution in [-0.4, -0.2) is 27.9 Å². The summed E-state index contributed by atoms with van der Waals surface area (Å²) in [6.07, 6.45) is 2.51. The number of hydrogen-bond donors (Lipinski definition) is 3. The summed E-state index contributed by atoms with van der Waals surface area (Å²) in [6, 6.07) is 1.52. The quantitative estimate of drug-likeness (QED) is 0.259.